The summed E-state index contributed by atoms with van der Waals surface area (Å²) in [6, 6.07) is 7.01. The lowest BCUT2D eigenvalue weighted by Gasteiger charge is -2.08. The summed E-state index contributed by atoms with van der Waals surface area (Å²) in [7, 11) is 0. The largest absolute Gasteiger partial charge is 0.389 e. The van der Waals surface area contributed by atoms with Crippen molar-refractivity contribution >= 4 is 17.4 Å². The Bertz CT molecular complexity index is 663. The molecule has 0 unspecified atom stereocenters. The molecule has 1 N–H and O–H groups in total. The van der Waals surface area contributed by atoms with Crippen molar-refractivity contribution < 1.29 is 9.72 Å². The van der Waals surface area contributed by atoms with Crippen molar-refractivity contribution in [3.8, 4) is 0 Å². The van der Waals surface area contributed by atoms with Gasteiger partial charge in [-0.2, -0.15) is 4.68 Å². The average Bonchev–Trinajstić information content (AvgIpc) is 2.82. The Morgan fingerprint density at radius 1 is 1.40 bits per heavy atom. The molecule has 0 bridgehead atoms. The molecule has 7 heteroatoms. The Labute approximate surface area is 115 Å². The van der Waals surface area contributed by atoms with Gasteiger partial charge in [0, 0.05) is 5.69 Å². The summed E-state index contributed by atoms with van der Waals surface area (Å²) >= 11 is 0. The summed E-state index contributed by atoms with van der Waals surface area (Å²) in [5.74, 6) is -0.554. The molecular formula is C13H14N4O3. The lowest BCUT2D eigenvalue weighted by Crippen LogP contribution is -2.19. The van der Waals surface area contributed by atoms with E-state index in [4.69, 9.17) is 0 Å². The molecule has 1 amide bonds. The van der Waals surface area contributed by atoms with Crippen LogP contribution < -0.4 is 5.32 Å². The van der Waals surface area contributed by atoms with E-state index in [0.717, 1.165) is 16.8 Å². The second-order valence-electron chi connectivity index (χ2n) is 4.50. The summed E-state index contributed by atoms with van der Waals surface area (Å²) in [4.78, 5) is 21.8. The number of nitro groups is 1. The molecule has 0 atom stereocenters. The molecule has 2 rings (SSSR count). The molecule has 1 aromatic heterocycles. The fourth-order valence-corrected chi connectivity index (χ4v) is 1.74. The summed E-state index contributed by atoms with van der Waals surface area (Å²) in [5, 5.41) is 17.0. The van der Waals surface area contributed by atoms with Gasteiger partial charge >= 0.3 is 5.82 Å². The number of carbonyl (C=O) groups excluding carboxylic acids is 1. The number of hydrogen-bond acceptors (Lipinski definition) is 4. The number of nitrogens with zero attached hydrogens (tertiary/aromatic N) is 3. The van der Waals surface area contributed by atoms with Crippen molar-refractivity contribution in [3.63, 3.8) is 0 Å². The van der Waals surface area contributed by atoms with E-state index in [-0.39, 0.29) is 18.3 Å². The number of rotatable bonds is 4. The van der Waals surface area contributed by atoms with Crippen LogP contribution in [0.15, 0.2) is 30.5 Å². The Balaban J connectivity index is 2.05. The molecule has 0 aliphatic carbocycles. The zero-order chi connectivity index (χ0) is 14.7. The predicted molar refractivity (Wildman–Crippen MR) is 73.4 cm³/mol. The SMILES string of the molecule is Cc1ccc(C)c(NC(=O)Cn2ccc([N+](=O)[O-])n2)c1. The molecule has 0 radical (unpaired) electrons. The molecule has 20 heavy (non-hydrogen) atoms. The van der Waals surface area contributed by atoms with Crippen LogP contribution in [-0.4, -0.2) is 20.6 Å². The normalized spacial score (nSPS) is 10.3. The Morgan fingerprint density at radius 2 is 2.15 bits per heavy atom. The second kappa shape index (κ2) is 5.52. The topological polar surface area (TPSA) is 90.1 Å². The average molecular weight is 274 g/mol. The van der Waals surface area contributed by atoms with Crippen molar-refractivity contribution in [3.05, 3.63) is 51.7 Å². The highest BCUT2D eigenvalue weighted by atomic mass is 16.6. The first-order valence-electron chi connectivity index (χ1n) is 6.00. The van der Waals surface area contributed by atoms with Gasteiger partial charge in [-0.15, -0.1) is 0 Å². The fraction of sp³-hybridized carbons (Fsp3) is 0.231. The molecule has 104 valence electrons. The molecule has 2 aromatic rings. The van der Waals surface area contributed by atoms with Crippen molar-refractivity contribution in [1.82, 2.24) is 9.78 Å². The van der Waals surface area contributed by atoms with Crippen LogP contribution in [0.25, 0.3) is 0 Å². The minimum absolute atomic E-state index is 0.0682. The molecule has 0 saturated carbocycles. The van der Waals surface area contributed by atoms with E-state index in [1.165, 1.54) is 16.9 Å². The van der Waals surface area contributed by atoms with E-state index < -0.39 is 4.92 Å². The second-order valence-corrected chi connectivity index (χ2v) is 4.50. The minimum Gasteiger partial charge on any atom is -0.358 e. The van der Waals surface area contributed by atoms with Crippen LogP contribution in [0.2, 0.25) is 0 Å². The summed E-state index contributed by atoms with van der Waals surface area (Å²) < 4.78 is 1.23. The molecular weight excluding hydrogens is 260 g/mol. The third kappa shape index (κ3) is 3.19. The number of benzene rings is 1. The molecule has 1 aromatic carbocycles. The Kier molecular flexibility index (Phi) is 3.79. The minimum atomic E-state index is -0.598. The Morgan fingerprint density at radius 3 is 2.80 bits per heavy atom. The monoisotopic (exact) mass is 274 g/mol. The van der Waals surface area contributed by atoms with Gasteiger partial charge in [0.1, 0.15) is 6.54 Å². The van der Waals surface area contributed by atoms with Crippen LogP contribution in [0.3, 0.4) is 0 Å². The molecule has 0 aliphatic rings. The lowest BCUT2D eigenvalue weighted by molar-refractivity contribution is -0.389. The van der Waals surface area contributed by atoms with Crippen molar-refractivity contribution in [2.45, 2.75) is 20.4 Å². The van der Waals surface area contributed by atoms with Crippen molar-refractivity contribution in [1.29, 1.82) is 0 Å². The molecule has 0 aliphatic heterocycles. The standard InChI is InChI=1S/C13H14N4O3/c1-9-3-4-10(2)11(7-9)14-13(18)8-16-6-5-12(15-16)17(19)20/h3-7H,8H2,1-2H3,(H,14,18). The first kappa shape index (κ1) is 13.7. The van der Waals surface area contributed by atoms with Crippen LogP contribution in [0.1, 0.15) is 11.1 Å². The van der Waals surface area contributed by atoms with Gasteiger partial charge in [-0.25, -0.2) is 0 Å². The summed E-state index contributed by atoms with van der Waals surface area (Å²) in [6.45, 7) is 3.76. The molecule has 0 spiro atoms. The van der Waals surface area contributed by atoms with Crippen LogP contribution >= 0.6 is 0 Å². The highest BCUT2D eigenvalue weighted by molar-refractivity contribution is 5.91. The number of amides is 1. The van der Waals surface area contributed by atoms with Crippen molar-refractivity contribution in [2.75, 3.05) is 5.32 Å². The predicted octanol–water partition coefficient (Wildman–Crippen LogP) is 2.05. The number of nitrogens with one attached hydrogen (secondary N) is 1. The molecule has 0 fully saturated rings. The van der Waals surface area contributed by atoms with Gasteiger partial charge < -0.3 is 15.4 Å². The van der Waals surface area contributed by atoms with Gasteiger partial charge in [-0.1, -0.05) is 12.1 Å². The number of anilines is 1. The first-order valence-corrected chi connectivity index (χ1v) is 6.00. The quantitative estimate of drug-likeness (QED) is 0.682. The fourth-order valence-electron chi connectivity index (χ4n) is 1.74. The number of aryl methyl sites for hydroxylation is 2. The van der Waals surface area contributed by atoms with Gasteiger partial charge in [-0.05, 0) is 36.0 Å². The van der Waals surface area contributed by atoms with Gasteiger partial charge in [0.2, 0.25) is 5.91 Å². The van der Waals surface area contributed by atoms with Gasteiger partial charge in [0.15, 0.2) is 0 Å². The lowest BCUT2D eigenvalue weighted by atomic mass is 10.1. The highest BCUT2D eigenvalue weighted by Gasteiger charge is 2.13. The van der Waals surface area contributed by atoms with Crippen molar-refractivity contribution in [2.24, 2.45) is 0 Å². The smallest absolute Gasteiger partial charge is 0.358 e. The number of aromatic nitrogens is 2. The zero-order valence-electron chi connectivity index (χ0n) is 11.2. The van der Waals surface area contributed by atoms with E-state index in [2.05, 4.69) is 10.4 Å². The third-order valence-corrected chi connectivity index (χ3v) is 2.79. The summed E-state index contributed by atoms with van der Waals surface area (Å²) in [6.07, 6.45) is 1.40. The van der Waals surface area contributed by atoms with E-state index in [0.29, 0.717) is 0 Å². The number of hydrogen-bond donors (Lipinski definition) is 1. The van der Waals surface area contributed by atoms with Gasteiger partial charge in [-0.3, -0.25) is 4.79 Å². The van der Waals surface area contributed by atoms with E-state index in [9.17, 15) is 14.9 Å². The maximum absolute atomic E-state index is 11.9. The van der Waals surface area contributed by atoms with Crippen LogP contribution in [0.5, 0.6) is 0 Å². The van der Waals surface area contributed by atoms with E-state index in [1.807, 2.05) is 32.0 Å². The zero-order valence-corrected chi connectivity index (χ0v) is 11.2. The Hall–Kier alpha value is -2.70. The number of carbonyl (C=O) groups is 1. The maximum Gasteiger partial charge on any atom is 0.389 e. The first-order chi connectivity index (χ1) is 9.45. The van der Waals surface area contributed by atoms with Crippen LogP contribution in [0.4, 0.5) is 11.5 Å². The molecule has 1 heterocycles. The van der Waals surface area contributed by atoms with E-state index in [1.54, 1.807) is 0 Å². The molecule has 7 nitrogen and oxygen atoms in total. The van der Waals surface area contributed by atoms with E-state index >= 15 is 0 Å². The van der Waals surface area contributed by atoms with Gasteiger partial charge in [0.25, 0.3) is 0 Å². The molecule has 0 saturated heterocycles. The summed E-state index contributed by atoms with van der Waals surface area (Å²) in [5.41, 5.74) is 2.73. The maximum atomic E-state index is 11.9. The third-order valence-electron chi connectivity index (χ3n) is 2.79. The van der Waals surface area contributed by atoms with Crippen LogP contribution in [0, 0.1) is 24.0 Å². The highest BCUT2D eigenvalue weighted by Crippen LogP contribution is 2.16. The van der Waals surface area contributed by atoms with Crippen LogP contribution in [-0.2, 0) is 11.3 Å². The van der Waals surface area contributed by atoms with Gasteiger partial charge in [0.05, 0.1) is 17.4 Å².